The molecule has 19 heavy (non-hydrogen) atoms. The van der Waals surface area contributed by atoms with Crippen LogP contribution in [0.4, 0.5) is 0 Å². The van der Waals surface area contributed by atoms with E-state index in [1.165, 1.54) is 4.57 Å². The van der Waals surface area contributed by atoms with Crippen molar-refractivity contribution in [3.05, 3.63) is 57.9 Å². The summed E-state index contributed by atoms with van der Waals surface area (Å²) in [7, 11) is 1.70. The maximum absolute atomic E-state index is 12.2. The normalized spacial score (nSPS) is 11.1. The fourth-order valence-electron chi connectivity index (χ4n) is 2.06. The largest absolute Gasteiger partial charge is 0.330 e. The summed E-state index contributed by atoms with van der Waals surface area (Å²) >= 11 is 5.81. The standard InChI is InChI=1S/C13H11ClN4O/c1-17-10-7-15-12(14)16-11(10)18(13(17)19)8-9-5-3-2-4-6-9/h2-7H,8H2,1H3. The number of rotatable bonds is 2. The smallest absolute Gasteiger partial charge is 0.292 e. The number of fused-ring (bicyclic) bond motifs is 1. The van der Waals surface area contributed by atoms with Gasteiger partial charge >= 0.3 is 5.69 Å². The van der Waals surface area contributed by atoms with Gasteiger partial charge in [-0.1, -0.05) is 30.3 Å². The molecule has 0 saturated heterocycles. The van der Waals surface area contributed by atoms with E-state index in [1.807, 2.05) is 30.3 Å². The van der Waals surface area contributed by atoms with Crippen molar-refractivity contribution in [3.8, 4) is 0 Å². The molecule has 0 atom stereocenters. The van der Waals surface area contributed by atoms with Crippen LogP contribution in [0.25, 0.3) is 11.2 Å². The number of hydrogen-bond acceptors (Lipinski definition) is 3. The number of aromatic nitrogens is 4. The van der Waals surface area contributed by atoms with Gasteiger partial charge in [-0.3, -0.25) is 9.13 Å². The summed E-state index contributed by atoms with van der Waals surface area (Å²) in [6.45, 7) is 0.463. The maximum Gasteiger partial charge on any atom is 0.330 e. The third kappa shape index (κ3) is 2.02. The lowest BCUT2D eigenvalue weighted by atomic mass is 10.2. The van der Waals surface area contributed by atoms with Crippen LogP contribution in [-0.2, 0) is 13.6 Å². The number of halogens is 1. The maximum atomic E-state index is 12.2. The molecule has 0 N–H and O–H groups in total. The third-order valence-electron chi connectivity index (χ3n) is 3.04. The summed E-state index contributed by atoms with van der Waals surface area (Å²) in [5.74, 6) is 0. The second-order valence-electron chi connectivity index (χ2n) is 4.26. The highest BCUT2D eigenvalue weighted by Gasteiger charge is 2.13. The predicted octanol–water partition coefficient (Wildman–Crippen LogP) is 1.83. The van der Waals surface area contributed by atoms with Crippen molar-refractivity contribution in [2.45, 2.75) is 6.54 Å². The van der Waals surface area contributed by atoms with E-state index >= 15 is 0 Å². The number of imidazole rings is 1. The van der Waals surface area contributed by atoms with Gasteiger partial charge in [0.15, 0.2) is 5.65 Å². The zero-order valence-corrected chi connectivity index (χ0v) is 11.0. The van der Waals surface area contributed by atoms with Crippen LogP contribution in [0.2, 0.25) is 5.28 Å². The lowest BCUT2D eigenvalue weighted by molar-refractivity contribution is 0.731. The van der Waals surface area contributed by atoms with Gasteiger partial charge < -0.3 is 0 Å². The second-order valence-corrected chi connectivity index (χ2v) is 4.60. The molecule has 6 heteroatoms. The Morgan fingerprint density at radius 3 is 2.74 bits per heavy atom. The van der Waals surface area contributed by atoms with Gasteiger partial charge in [0.2, 0.25) is 5.28 Å². The Labute approximate surface area is 114 Å². The van der Waals surface area contributed by atoms with E-state index in [0.717, 1.165) is 5.56 Å². The molecule has 0 amide bonds. The average molecular weight is 275 g/mol. The Kier molecular flexibility index (Phi) is 2.83. The second kappa shape index (κ2) is 4.51. The molecular formula is C13H11ClN4O. The minimum absolute atomic E-state index is 0.129. The van der Waals surface area contributed by atoms with Crippen LogP contribution in [0, 0.1) is 0 Å². The Morgan fingerprint density at radius 1 is 1.26 bits per heavy atom. The summed E-state index contributed by atoms with van der Waals surface area (Å²) < 4.78 is 3.12. The number of benzene rings is 1. The van der Waals surface area contributed by atoms with E-state index in [1.54, 1.807) is 17.8 Å². The fraction of sp³-hybridized carbons (Fsp3) is 0.154. The number of aryl methyl sites for hydroxylation is 1. The molecule has 1 aromatic carbocycles. The van der Waals surface area contributed by atoms with Crippen molar-refractivity contribution in [2.75, 3.05) is 0 Å². The summed E-state index contributed by atoms with van der Waals surface area (Å²) in [5.41, 5.74) is 2.13. The molecule has 0 saturated carbocycles. The molecule has 0 radical (unpaired) electrons. The van der Waals surface area contributed by atoms with Crippen LogP contribution in [0.5, 0.6) is 0 Å². The van der Waals surface area contributed by atoms with Crippen molar-refractivity contribution in [2.24, 2.45) is 7.05 Å². The Hall–Kier alpha value is -2.14. The van der Waals surface area contributed by atoms with Crippen molar-refractivity contribution in [1.29, 1.82) is 0 Å². The van der Waals surface area contributed by atoms with Gasteiger partial charge in [-0.2, -0.15) is 4.98 Å². The highest BCUT2D eigenvalue weighted by Crippen LogP contribution is 2.12. The Balaban J connectivity index is 2.20. The van der Waals surface area contributed by atoms with Crippen LogP contribution in [0.1, 0.15) is 5.56 Å². The van der Waals surface area contributed by atoms with Crippen molar-refractivity contribution in [1.82, 2.24) is 19.1 Å². The molecule has 3 rings (SSSR count). The van der Waals surface area contributed by atoms with Gasteiger partial charge in [-0.05, 0) is 17.2 Å². The first-order chi connectivity index (χ1) is 9.16. The van der Waals surface area contributed by atoms with E-state index in [9.17, 15) is 4.79 Å². The van der Waals surface area contributed by atoms with Crippen LogP contribution in [-0.4, -0.2) is 19.1 Å². The van der Waals surface area contributed by atoms with Crippen LogP contribution >= 0.6 is 11.6 Å². The first-order valence-electron chi connectivity index (χ1n) is 5.78. The van der Waals surface area contributed by atoms with E-state index in [2.05, 4.69) is 9.97 Å². The number of nitrogens with zero attached hydrogens (tertiary/aromatic N) is 4. The van der Waals surface area contributed by atoms with Crippen molar-refractivity contribution in [3.63, 3.8) is 0 Å². The Morgan fingerprint density at radius 2 is 2.00 bits per heavy atom. The monoisotopic (exact) mass is 274 g/mol. The summed E-state index contributed by atoms with van der Waals surface area (Å²) in [5, 5.41) is 0.139. The highest BCUT2D eigenvalue weighted by molar-refractivity contribution is 6.28. The molecule has 0 aliphatic rings. The molecule has 96 valence electrons. The Bertz CT molecular complexity index is 792. The van der Waals surface area contributed by atoms with E-state index in [4.69, 9.17) is 11.6 Å². The molecule has 3 aromatic rings. The zero-order chi connectivity index (χ0) is 13.4. The van der Waals surface area contributed by atoms with Crippen molar-refractivity contribution < 1.29 is 0 Å². The summed E-state index contributed by atoms with van der Waals surface area (Å²) in [4.78, 5) is 20.3. The molecule has 0 bridgehead atoms. The molecule has 0 spiro atoms. The first-order valence-corrected chi connectivity index (χ1v) is 6.16. The SMILES string of the molecule is Cn1c(=O)n(Cc2ccccc2)c2nc(Cl)ncc21. The quantitative estimate of drug-likeness (QED) is 0.670. The van der Waals surface area contributed by atoms with Crippen LogP contribution in [0.15, 0.2) is 41.3 Å². The predicted molar refractivity (Wildman–Crippen MR) is 73.3 cm³/mol. The van der Waals surface area contributed by atoms with Gasteiger partial charge in [0, 0.05) is 7.05 Å². The van der Waals surface area contributed by atoms with Gasteiger partial charge in [-0.25, -0.2) is 9.78 Å². The van der Waals surface area contributed by atoms with Crippen molar-refractivity contribution >= 4 is 22.8 Å². The lowest BCUT2D eigenvalue weighted by Gasteiger charge is -2.02. The summed E-state index contributed by atoms with van der Waals surface area (Å²) in [6.07, 6.45) is 1.56. The minimum atomic E-state index is -0.129. The molecule has 0 unspecified atom stereocenters. The molecule has 0 fully saturated rings. The molecule has 2 heterocycles. The van der Waals surface area contributed by atoms with E-state index in [0.29, 0.717) is 17.7 Å². The molecule has 0 aliphatic heterocycles. The van der Waals surface area contributed by atoms with Gasteiger partial charge in [-0.15, -0.1) is 0 Å². The van der Waals surface area contributed by atoms with Gasteiger partial charge in [0.05, 0.1) is 12.7 Å². The molecule has 0 aliphatic carbocycles. The summed E-state index contributed by atoms with van der Waals surface area (Å²) in [6, 6.07) is 9.75. The van der Waals surface area contributed by atoms with Crippen LogP contribution in [0.3, 0.4) is 0 Å². The van der Waals surface area contributed by atoms with Crippen LogP contribution < -0.4 is 5.69 Å². The lowest BCUT2D eigenvalue weighted by Crippen LogP contribution is -2.22. The topological polar surface area (TPSA) is 52.7 Å². The molecular weight excluding hydrogens is 264 g/mol. The third-order valence-corrected chi connectivity index (χ3v) is 3.22. The molecule has 5 nitrogen and oxygen atoms in total. The minimum Gasteiger partial charge on any atom is -0.292 e. The van der Waals surface area contributed by atoms with E-state index in [-0.39, 0.29) is 11.0 Å². The number of hydrogen-bond donors (Lipinski definition) is 0. The first kappa shape index (κ1) is 11.9. The fourth-order valence-corrected chi connectivity index (χ4v) is 2.19. The average Bonchev–Trinajstić information content (AvgIpc) is 2.65. The van der Waals surface area contributed by atoms with Gasteiger partial charge in [0.1, 0.15) is 5.52 Å². The van der Waals surface area contributed by atoms with Gasteiger partial charge in [0.25, 0.3) is 0 Å². The van der Waals surface area contributed by atoms with E-state index < -0.39 is 0 Å². The zero-order valence-electron chi connectivity index (χ0n) is 10.2. The highest BCUT2D eigenvalue weighted by atomic mass is 35.5. The molecule has 2 aromatic heterocycles.